The Morgan fingerprint density at radius 1 is 1.65 bits per heavy atom. The van der Waals surface area contributed by atoms with Crippen LogP contribution >= 0.6 is 15.9 Å². The molecule has 6 heteroatoms. The predicted molar refractivity (Wildman–Crippen MR) is 66.7 cm³/mol. The number of carbonyl (C=O) groups excluding carboxylic acids is 1. The van der Waals surface area contributed by atoms with Crippen LogP contribution < -0.4 is 10.9 Å². The molecule has 0 aliphatic heterocycles. The van der Waals surface area contributed by atoms with Gasteiger partial charge >= 0.3 is 0 Å². The highest BCUT2D eigenvalue weighted by Gasteiger charge is 2.21. The summed E-state index contributed by atoms with van der Waals surface area (Å²) >= 11 is 3.11. The summed E-state index contributed by atoms with van der Waals surface area (Å²) in [7, 11) is 0. The smallest absolute Gasteiger partial charge is 0.268 e. The van der Waals surface area contributed by atoms with Crippen molar-refractivity contribution >= 4 is 21.8 Å². The highest BCUT2D eigenvalue weighted by molar-refractivity contribution is 9.10. The largest absolute Gasteiger partial charge is 0.354 e. The third-order valence-corrected chi connectivity index (χ3v) is 3.34. The fraction of sp³-hybridized carbons (Fsp3) is 0.545. The predicted octanol–water partition coefficient (Wildman–Crippen LogP) is 0.840. The first-order valence-corrected chi connectivity index (χ1v) is 6.36. The number of rotatable bonds is 4. The normalized spacial score (nSPS) is 14.7. The summed E-state index contributed by atoms with van der Waals surface area (Å²) in [5.74, 6) is 1.04. The highest BCUT2D eigenvalue weighted by atomic mass is 79.9. The van der Waals surface area contributed by atoms with Gasteiger partial charge in [-0.05, 0) is 41.6 Å². The minimum absolute atomic E-state index is 0.0316. The van der Waals surface area contributed by atoms with Crippen LogP contribution in [0.25, 0.3) is 0 Å². The van der Waals surface area contributed by atoms with Crippen molar-refractivity contribution in [1.82, 2.24) is 14.9 Å². The zero-order valence-corrected chi connectivity index (χ0v) is 11.2. The zero-order chi connectivity index (χ0) is 12.4. The summed E-state index contributed by atoms with van der Waals surface area (Å²) in [6, 6.07) is 0. The Kier molecular flexibility index (Phi) is 3.61. The van der Waals surface area contributed by atoms with Crippen molar-refractivity contribution in [2.75, 3.05) is 6.54 Å². The van der Waals surface area contributed by atoms with Gasteiger partial charge in [0.15, 0.2) is 0 Å². The quantitative estimate of drug-likeness (QED) is 0.896. The summed E-state index contributed by atoms with van der Waals surface area (Å²) in [6.45, 7) is 2.46. The van der Waals surface area contributed by atoms with E-state index < -0.39 is 0 Å². The van der Waals surface area contributed by atoms with E-state index in [0.717, 1.165) is 0 Å². The second-order valence-electron chi connectivity index (χ2n) is 4.29. The fourth-order valence-corrected chi connectivity index (χ4v) is 1.83. The molecule has 17 heavy (non-hydrogen) atoms. The van der Waals surface area contributed by atoms with Gasteiger partial charge in [0.05, 0.1) is 0 Å². The monoisotopic (exact) mass is 299 g/mol. The van der Waals surface area contributed by atoms with E-state index in [1.807, 2.05) is 0 Å². The summed E-state index contributed by atoms with van der Waals surface area (Å²) in [4.78, 5) is 27.5. The first-order chi connectivity index (χ1) is 8.08. The molecule has 92 valence electrons. The molecule has 1 aliphatic rings. The number of carbonyl (C=O) groups is 1. The molecule has 1 fully saturated rings. The van der Waals surface area contributed by atoms with Crippen molar-refractivity contribution in [3.05, 3.63) is 26.8 Å². The van der Waals surface area contributed by atoms with Crippen LogP contribution in [-0.4, -0.2) is 22.0 Å². The van der Waals surface area contributed by atoms with Gasteiger partial charge < -0.3 is 5.32 Å². The van der Waals surface area contributed by atoms with E-state index in [2.05, 4.69) is 26.2 Å². The number of amides is 1. The molecule has 0 radical (unpaired) electrons. The van der Waals surface area contributed by atoms with Crippen LogP contribution in [0.4, 0.5) is 0 Å². The SMILES string of the molecule is Cc1ncc(Br)c(=O)n1CC(=O)NCC1CC1. The van der Waals surface area contributed by atoms with Crippen molar-refractivity contribution in [3.8, 4) is 0 Å². The van der Waals surface area contributed by atoms with E-state index in [1.165, 1.54) is 23.6 Å². The molecule has 2 rings (SSSR count). The van der Waals surface area contributed by atoms with Gasteiger partial charge in [-0.2, -0.15) is 0 Å². The number of hydrogen-bond acceptors (Lipinski definition) is 3. The minimum atomic E-state index is -0.223. The standard InChI is InChI=1S/C11H14BrN3O2/c1-7-13-5-9(12)11(17)15(7)6-10(16)14-4-8-2-3-8/h5,8H,2-4,6H2,1H3,(H,14,16). The lowest BCUT2D eigenvalue weighted by Gasteiger charge is -2.09. The first kappa shape index (κ1) is 12.3. The lowest BCUT2D eigenvalue weighted by Crippen LogP contribution is -2.34. The Hall–Kier alpha value is -1.17. The van der Waals surface area contributed by atoms with Crippen molar-refractivity contribution in [2.24, 2.45) is 5.92 Å². The van der Waals surface area contributed by atoms with Gasteiger partial charge in [0.25, 0.3) is 5.56 Å². The van der Waals surface area contributed by atoms with Crippen LogP contribution in [0.15, 0.2) is 15.5 Å². The molecular weight excluding hydrogens is 286 g/mol. The lowest BCUT2D eigenvalue weighted by molar-refractivity contribution is -0.121. The molecule has 1 aromatic heterocycles. The summed E-state index contributed by atoms with van der Waals surface area (Å²) in [5.41, 5.74) is -0.223. The molecule has 1 saturated carbocycles. The molecule has 0 spiro atoms. The van der Waals surface area contributed by atoms with Crippen LogP contribution in [0.5, 0.6) is 0 Å². The molecule has 1 N–H and O–H groups in total. The van der Waals surface area contributed by atoms with Crippen LogP contribution in [0.1, 0.15) is 18.7 Å². The zero-order valence-electron chi connectivity index (χ0n) is 9.57. The molecule has 1 amide bonds. The topological polar surface area (TPSA) is 64.0 Å². The number of nitrogens with one attached hydrogen (secondary N) is 1. The Bertz CT molecular complexity index is 494. The average molecular weight is 300 g/mol. The van der Waals surface area contributed by atoms with Gasteiger partial charge in [0, 0.05) is 12.7 Å². The number of hydrogen-bond donors (Lipinski definition) is 1. The molecule has 0 saturated heterocycles. The van der Waals surface area contributed by atoms with Gasteiger partial charge in [-0.1, -0.05) is 0 Å². The summed E-state index contributed by atoms with van der Waals surface area (Å²) in [5, 5.41) is 2.83. The maximum absolute atomic E-state index is 11.8. The van der Waals surface area contributed by atoms with Gasteiger partial charge in [-0.15, -0.1) is 0 Å². The van der Waals surface area contributed by atoms with E-state index >= 15 is 0 Å². The molecule has 5 nitrogen and oxygen atoms in total. The van der Waals surface area contributed by atoms with Crippen LogP contribution in [0, 0.1) is 12.8 Å². The second-order valence-corrected chi connectivity index (χ2v) is 5.15. The number of aromatic nitrogens is 2. The van der Waals surface area contributed by atoms with Gasteiger partial charge in [-0.3, -0.25) is 14.2 Å². The van der Waals surface area contributed by atoms with E-state index in [4.69, 9.17) is 0 Å². The van der Waals surface area contributed by atoms with Crippen LogP contribution in [0.3, 0.4) is 0 Å². The Morgan fingerprint density at radius 3 is 3.00 bits per heavy atom. The van der Waals surface area contributed by atoms with E-state index in [9.17, 15) is 9.59 Å². The highest BCUT2D eigenvalue weighted by Crippen LogP contribution is 2.27. The van der Waals surface area contributed by atoms with Gasteiger partial charge in [0.2, 0.25) is 5.91 Å². The molecule has 0 bridgehead atoms. The van der Waals surface area contributed by atoms with Crippen molar-refractivity contribution in [2.45, 2.75) is 26.3 Å². The van der Waals surface area contributed by atoms with Crippen molar-refractivity contribution in [3.63, 3.8) is 0 Å². The molecule has 1 aromatic rings. The van der Waals surface area contributed by atoms with Crippen LogP contribution in [-0.2, 0) is 11.3 Å². The van der Waals surface area contributed by atoms with Crippen molar-refractivity contribution in [1.29, 1.82) is 0 Å². The van der Waals surface area contributed by atoms with E-state index in [1.54, 1.807) is 6.92 Å². The second kappa shape index (κ2) is 5.00. The maximum atomic E-state index is 11.8. The third-order valence-electron chi connectivity index (χ3n) is 2.79. The minimum Gasteiger partial charge on any atom is -0.354 e. The molecule has 0 unspecified atom stereocenters. The van der Waals surface area contributed by atoms with Crippen LogP contribution in [0.2, 0.25) is 0 Å². The Labute approximate surface area is 107 Å². The summed E-state index contributed by atoms with van der Waals surface area (Å²) < 4.78 is 1.74. The summed E-state index contributed by atoms with van der Waals surface area (Å²) in [6.07, 6.45) is 3.84. The van der Waals surface area contributed by atoms with Gasteiger partial charge in [0.1, 0.15) is 16.8 Å². The maximum Gasteiger partial charge on any atom is 0.268 e. The Balaban J connectivity index is 2.04. The van der Waals surface area contributed by atoms with Crippen molar-refractivity contribution < 1.29 is 4.79 Å². The molecule has 1 heterocycles. The van der Waals surface area contributed by atoms with Gasteiger partial charge in [-0.25, -0.2) is 4.98 Å². The molecule has 1 aliphatic carbocycles. The fourth-order valence-electron chi connectivity index (χ4n) is 1.52. The number of nitrogens with zero attached hydrogens (tertiary/aromatic N) is 2. The average Bonchev–Trinajstić information content (AvgIpc) is 3.11. The lowest BCUT2D eigenvalue weighted by atomic mass is 10.4. The molecule has 0 aromatic carbocycles. The molecular formula is C11H14BrN3O2. The number of aryl methyl sites for hydroxylation is 1. The Morgan fingerprint density at radius 2 is 2.35 bits per heavy atom. The van der Waals surface area contributed by atoms with E-state index in [-0.39, 0.29) is 18.0 Å². The molecule has 0 atom stereocenters. The third kappa shape index (κ3) is 3.15. The first-order valence-electron chi connectivity index (χ1n) is 5.56. The number of halogens is 1. The van der Waals surface area contributed by atoms with E-state index in [0.29, 0.717) is 22.8 Å².